The van der Waals surface area contributed by atoms with E-state index in [9.17, 15) is 20.1 Å². The van der Waals surface area contributed by atoms with Crippen molar-refractivity contribution in [3.63, 3.8) is 0 Å². The van der Waals surface area contributed by atoms with Crippen molar-refractivity contribution in [2.24, 2.45) is 0 Å². The molecule has 0 radical (unpaired) electrons. The Hall–Kier alpha value is -3.15. The molecule has 0 amide bonds. The van der Waals surface area contributed by atoms with Crippen molar-refractivity contribution in [1.82, 2.24) is 0 Å². The topological polar surface area (TPSA) is 100 Å². The summed E-state index contributed by atoms with van der Waals surface area (Å²) in [5, 5.41) is 31.0. The van der Waals surface area contributed by atoms with Crippen molar-refractivity contribution in [3.8, 4) is 23.0 Å². The van der Waals surface area contributed by atoms with Crippen molar-refractivity contribution >= 4 is 21.9 Å². The lowest BCUT2D eigenvalue weighted by atomic mass is 10.0. The second kappa shape index (κ2) is 6.05. The Balaban J connectivity index is 2.40. The summed E-state index contributed by atoms with van der Waals surface area (Å²) in [5.74, 6) is -0.666. The Bertz CT molecular complexity index is 1070. The molecule has 0 saturated carbocycles. The SMILES string of the molecule is COc1ccc2c(=O)c3c(O)c(CC=C(C)C)c(O)cc3oc2c1O. The lowest BCUT2D eigenvalue weighted by Crippen LogP contribution is -2.04. The number of phenols is 3. The molecule has 3 N–H and O–H groups in total. The lowest BCUT2D eigenvalue weighted by Gasteiger charge is -2.11. The Morgan fingerprint density at radius 2 is 1.92 bits per heavy atom. The summed E-state index contributed by atoms with van der Waals surface area (Å²) in [4.78, 5) is 12.8. The number of rotatable bonds is 3. The predicted octanol–water partition coefficient (Wildman–Crippen LogP) is 3.58. The largest absolute Gasteiger partial charge is 0.507 e. The summed E-state index contributed by atoms with van der Waals surface area (Å²) in [6.45, 7) is 3.79. The lowest BCUT2D eigenvalue weighted by molar-refractivity contribution is 0.372. The fourth-order valence-corrected chi connectivity index (χ4v) is 2.72. The van der Waals surface area contributed by atoms with Crippen LogP contribution in [0.3, 0.4) is 0 Å². The highest BCUT2D eigenvalue weighted by atomic mass is 16.5. The number of ether oxygens (including phenoxy) is 1. The maximum Gasteiger partial charge on any atom is 0.204 e. The third-order valence-corrected chi connectivity index (χ3v) is 4.06. The summed E-state index contributed by atoms with van der Waals surface area (Å²) in [5.41, 5.74) is 0.689. The normalized spacial score (nSPS) is 11.0. The molecule has 0 aliphatic heterocycles. The van der Waals surface area contributed by atoms with E-state index in [2.05, 4.69) is 0 Å². The summed E-state index contributed by atoms with van der Waals surface area (Å²) in [6.07, 6.45) is 2.11. The number of methoxy groups -OCH3 is 1. The van der Waals surface area contributed by atoms with E-state index in [1.807, 2.05) is 19.9 Å². The summed E-state index contributed by atoms with van der Waals surface area (Å²) < 4.78 is 10.6. The molecule has 2 aromatic carbocycles. The molecule has 6 nitrogen and oxygen atoms in total. The first-order valence-corrected chi connectivity index (χ1v) is 7.68. The number of phenolic OH excluding ortho intramolecular Hbond substituents is 3. The zero-order valence-electron chi connectivity index (χ0n) is 14.1. The van der Waals surface area contributed by atoms with Gasteiger partial charge in [0.2, 0.25) is 11.2 Å². The van der Waals surface area contributed by atoms with Crippen LogP contribution in [0.5, 0.6) is 23.0 Å². The van der Waals surface area contributed by atoms with Crippen LogP contribution in [-0.4, -0.2) is 22.4 Å². The van der Waals surface area contributed by atoms with E-state index in [-0.39, 0.29) is 56.9 Å². The zero-order valence-corrected chi connectivity index (χ0v) is 14.1. The van der Waals surface area contributed by atoms with Crippen LogP contribution in [-0.2, 0) is 6.42 Å². The second-order valence-corrected chi connectivity index (χ2v) is 6.01. The highest BCUT2D eigenvalue weighted by Crippen LogP contribution is 2.39. The maximum atomic E-state index is 12.8. The van der Waals surface area contributed by atoms with Gasteiger partial charge in [0.05, 0.1) is 12.5 Å². The number of allylic oxidation sites excluding steroid dienone is 2. The van der Waals surface area contributed by atoms with Crippen molar-refractivity contribution < 1.29 is 24.5 Å². The van der Waals surface area contributed by atoms with Crippen LogP contribution in [0.2, 0.25) is 0 Å². The molecule has 3 aromatic rings. The van der Waals surface area contributed by atoms with Gasteiger partial charge in [-0.15, -0.1) is 0 Å². The summed E-state index contributed by atoms with van der Waals surface area (Å²) in [6, 6.07) is 4.17. The molecule has 130 valence electrons. The van der Waals surface area contributed by atoms with Crippen LogP contribution >= 0.6 is 0 Å². The monoisotopic (exact) mass is 342 g/mol. The van der Waals surface area contributed by atoms with Crippen molar-refractivity contribution in [3.05, 3.63) is 45.6 Å². The molecule has 25 heavy (non-hydrogen) atoms. The molecule has 6 heteroatoms. The van der Waals surface area contributed by atoms with Crippen LogP contribution in [0.1, 0.15) is 19.4 Å². The Labute approximate surface area is 143 Å². The first kappa shape index (κ1) is 16.7. The van der Waals surface area contributed by atoms with Crippen LogP contribution in [0, 0.1) is 0 Å². The van der Waals surface area contributed by atoms with Gasteiger partial charge in [0.15, 0.2) is 11.3 Å². The number of fused-ring (bicyclic) bond motifs is 2. The van der Waals surface area contributed by atoms with Crippen LogP contribution in [0.4, 0.5) is 0 Å². The van der Waals surface area contributed by atoms with Crippen molar-refractivity contribution in [1.29, 1.82) is 0 Å². The van der Waals surface area contributed by atoms with Gasteiger partial charge in [-0.05, 0) is 32.4 Å². The Morgan fingerprint density at radius 1 is 1.20 bits per heavy atom. The maximum absolute atomic E-state index is 12.8. The minimum Gasteiger partial charge on any atom is -0.507 e. The van der Waals surface area contributed by atoms with Gasteiger partial charge in [-0.3, -0.25) is 4.79 Å². The molecular formula is C19H18O6. The van der Waals surface area contributed by atoms with Crippen molar-refractivity contribution in [2.45, 2.75) is 20.3 Å². The smallest absolute Gasteiger partial charge is 0.204 e. The molecule has 0 atom stereocenters. The molecule has 0 fully saturated rings. The Morgan fingerprint density at radius 3 is 2.56 bits per heavy atom. The van der Waals surface area contributed by atoms with E-state index in [1.54, 1.807) is 0 Å². The number of hydrogen-bond donors (Lipinski definition) is 3. The zero-order chi connectivity index (χ0) is 18.3. The van der Waals surface area contributed by atoms with Gasteiger partial charge >= 0.3 is 0 Å². The van der Waals surface area contributed by atoms with E-state index in [1.165, 1.54) is 25.3 Å². The van der Waals surface area contributed by atoms with E-state index in [0.29, 0.717) is 0 Å². The molecule has 1 aromatic heterocycles. The summed E-state index contributed by atoms with van der Waals surface area (Å²) >= 11 is 0. The van der Waals surface area contributed by atoms with E-state index in [4.69, 9.17) is 9.15 Å². The van der Waals surface area contributed by atoms with Crippen LogP contribution < -0.4 is 10.2 Å². The van der Waals surface area contributed by atoms with Gasteiger partial charge in [0.1, 0.15) is 22.5 Å². The summed E-state index contributed by atoms with van der Waals surface area (Å²) in [7, 11) is 1.38. The first-order chi connectivity index (χ1) is 11.8. The van der Waals surface area contributed by atoms with Gasteiger partial charge < -0.3 is 24.5 Å². The van der Waals surface area contributed by atoms with Gasteiger partial charge in [-0.1, -0.05) is 11.6 Å². The fourth-order valence-electron chi connectivity index (χ4n) is 2.72. The molecule has 3 rings (SSSR count). The van der Waals surface area contributed by atoms with Crippen LogP contribution in [0.15, 0.2) is 39.1 Å². The Kier molecular flexibility index (Phi) is 4.04. The molecule has 0 unspecified atom stereocenters. The molecule has 0 aliphatic carbocycles. The van der Waals surface area contributed by atoms with Crippen LogP contribution in [0.25, 0.3) is 21.9 Å². The van der Waals surface area contributed by atoms with E-state index < -0.39 is 5.43 Å². The average Bonchev–Trinajstić information content (AvgIpc) is 2.55. The minimum absolute atomic E-state index is 0.0167. The molecule has 0 spiro atoms. The third kappa shape index (κ3) is 2.65. The van der Waals surface area contributed by atoms with Gasteiger partial charge in [0.25, 0.3) is 0 Å². The van der Waals surface area contributed by atoms with Gasteiger partial charge in [0, 0.05) is 11.6 Å². The fraction of sp³-hybridized carbons (Fsp3) is 0.211. The third-order valence-electron chi connectivity index (χ3n) is 4.06. The molecule has 0 bridgehead atoms. The molecule has 1 heterocycles. The number of aromatic hydroxyl groups is 3. The van der Waals surface area contributed by atoms with Crippen molar-refractivity contribution in [2.75, 3.05) is 7.11 Å². The predicted molar refractivity (Wildman–Crippen MR) is 94.7 cm³/mol. The highest BCUT2D eigenvalue weighted by molar-refractivity contribution is 5.97. The second-order valence-electron chi connectivity index (χ2n) is 6.01. The van der Waals surface area contributed by atoms with Gasteiger partial charge in [-0.25, -0.2) is 0 Å². The highest BCUT2D eigenvalue weighted by Gasteiger charge is 2.20. The molecule has 0 saturated heterocycles. The number of benzene rings is 2. The minimum atomic E-state index is -0.495. The van der Waals surface area contributed by atoms with E-state index >= 15 is 0 Å². The van der Waals surface area contributed by atoms with E-state index in [0.717, 1.165) is 5.57 Å². The quantitative estimate of drug-likeness (QED) is 0.497. The molecule has 0 aliphatic rings. The average molecular weight is 342 g/mol. The van der Waals surface area contributed by atoms with Gasteiger partial charge in [-0.2, -0.15) is 0 Å². The first-order valence-electron chi connectivity index (χ1n) is 7.68. The number of hydrogen-bond acceptors (Lipinski definition) is 6. The molecular weight excluding hydrogens is 324 g/mol. The standard InChI is InChI=1S/C19H18O6/c1-9(2)4-5-10-12(20)8-14-15(16(10)21)17(22)11-6-7-13(24-3)18(23)19(11)25-14/h4,6-8,20-21,23H,5H2,1-3H3.